The molecule has 1 aromatic heterocycles. The fourth-order valence-corrected chi connectivity index (χ4v) is 3.03. The number of hydrogen-bond acceptors (Lipinski definition) is 3. The van der Waals surface area contributed by atoms with Crippen molar-refractivity contribution >= 4 is 27.7 Å². The number of pyridine rings is 1. The second-order valence-corrected chi connectivity index (χ2v) is 5.91. The van der Waals surface area contributed by atoms with E-state index in [0.29, 0.717) is 0 Å². The molecule has 0 spiro atoms. The van der Waals surface area contributed by atoms with Gasteiger partial charge in [0.2, 0.25) is 0 Å². The van der Waals surface area contributed by atoms with Crippen molar-refractivity contribution in [2.45, 2.75) is 23.4 Å². The van der Waals surface area contributed by atoms with Crippen molar-refractivity contribution in [1.82, 2.24) is 10.3 Å². The second kappa shape index (κ2) is 6.36. The maximum atomic E-state index is 4.38. The van der Waals surface area contributed by atoms with Crippen LogP contribution >= 0.6 is 27.7 Å². The molecule has 1 N–H and O–H groups in total. The van der Waals surface area contributed by atoms with Crippen LogP contribution < -0.4 is 5.32 Å². The van der Waals surface area contributed by atoms with Crippen LogP contribution in [0.15, 0.2) is 50.9 Å². The Balaban J connectivity index is 2.22. The molecule has 94 valence electrons. The van der Waals surface area contributed by atoms with Crippen molar-refractivity contribution in [2.75, 3.05) is 7.05 Å². The van der Waals surface area contributed by atoms with Crippen LogP contribution in [0.4, 0.5) is 0 Å². The van der Waals surface area contributed by atoms with E-state index < -0.39 is 0 Å². The molecule has 2 nitrogen and oxygen atoms in total. The average molecular weight is 323 g/mol. The van der Waals surface area contributed by atoms with Gasteiger partial charge in [-0.1, -0.05) is 23.9 Å². The van der Waals surface area contributed by atoms with Crippen molar-refractivity contribution < 1.29 is 0 Å². The van der Waals surface area contributed by atoms with E-state index in [1.807, 2.05) is 25.4 Å². The lowest BCUT2D eigenvalue weighted by Gasteiger charge is -2.08. The first-order valence-electron chi connectivity index (χ1n) is 5.73. The SMILES string of the molecule is CNCc1ccc(Sc2ncccc2Br)c(C)c1. The van der Waals surface area contributed by atoms with Crippen LogP contribution in [0.2, 0.25) is 0 Å². The molecular formula is C14H15BrN2S. The summed E-state index contributed by atoms with van der Waals surface area (Å²) in [5.41, 5.74) is 2.59. The number of halogens is 1. The smallest absolute Gasteiger partial charge is 0.115 e. The summed E-state index contributed by atoms with van der Waals surface area (Å²) in [5.74, 6) is 0. The van der Waals surface area contributed by atoms with Gasteiger partial charge in [-0.25, -0.2) is 4.98 Å². The van der Waals surface area contributed by atoms with Crippen molar-refractivity contribution in [3.05, 3.63) is 52.1 Å². The molecule has 0 saturated heterocycles. The van der Waals surface area contributed by atoms with Gasteiger partial charge in [0, 0.05) is 17.6 Å². The normalized spacial score (nSPS) is 10.6. The summed E-state index contributed by atoms with van der Waals surface area (Å²) >= 11 is 5.21. The molecule has 0 unspecified atom stereocenters. The fraction of sp³-hybridized carbons (Fsp3) is 0.214. The van der Waals surface area contributed by atoms with Crippen LogP contribution in [-0.4, -0.2) is 12.0 Å². The second-order valence-electron chi connectivity index (χ2n) is 4.02. The van der Waals surface area contributed by atoms with Crippen LogP contribution in [0, 0.1) is 6.92 Å². The molecular weight excluding hydrogens is 308 g/mol. The van der Waals surface area contributed by atoms with Gasteiger partial charge in [-0.05, 0) is 59.2 Å². The maximum absolute atomic E-state index is 4.38. The Kier molecular flexibility index (Phi) is 4.80. The molecule has 0 aliphatic heterocycles. The van der Waals surface area contributed by atoms with Crippen molar-refractivity contribution in [2.24, 2.45) is 0 Å². The third-order valence-corrected chi connectivity index (χ3v) is 4.65. The van der Waals surface area contributed by atoms with Gasteiger partial charge in [-0.3, -0.25) is 0 Å². The summed E-state index contributed by atoms with van der Waals surface area (Å²) in [6.07, 6.45) is 1.82. The van der Waals surface area contributed by atoms with E-state index in [0.717, 1.165) is 16.0 Å². The molecule has 0 saturated carbocycles. The van der Waals surface area contributed by atoms with Crippen LogP contribution in [0.5, 0.6) is 0 Å². The van der Waals surface area contributed by atoms with Gasteiger partial charge in [0.25, 0.3) is 0 Å². The van der Waals surface area contributed by atoms with Crippen LogP contribution in [0.1, 0.15) is 11.1 Å². The minimum atomic E-state index is 0.902. The molecule has 0 fully saturated rings. The summed E-state index contributed by atoms with van der Waals surface area (Å²) in [6, 6.07) is 10.5. The largest absolute Gasteiger partial charge is 0.316 e. The van der Waals surface area contributed by atoms with E-state index in [9.17, 15) is 0 Å². The lowest BCUT2D eigenvalue weighted by molar-refractivity contribution is 0.815. The van der Waals surface area contributed by atoms with Crippen molar-refractivity contribution in [3.8, 4) is 0 Å². The number of nitrogens with one attached hydrogen (secondary N) is 1. The predicted molar refractivity (Wildman–Crippen MR) is 80.0 cm³/mol. The highest BCUT2D eigenvalue weighted by Gasteiger charge is 2.06. The highest BCUT2D eigenvalue weighted by Crippen LogP contribution is 2.33. The summed E-state index contributed by atoms with van der Waals surface area (Å²) in [5, 5.41) is 4.16. The van der Waals surface area contributed by atoms with Crippen LogP contribution in [0.3, 0.4) is 0 Å². The highest BCUT2D eigenvalue weighted by molar-refractivity contribution is 9.10. The molecule has 0 amide bonds. The molecule has 0 radical (unpaired) electrons. The summed E-state index contributed by atoms with van der Waals surface area (Å²) in [4.78, 5) is 5.62. The molecule has 2 rings (SSSR count). The lowest BCUT2D eigenvalue weighted by Crippen LogP contribution is -2.05. The number of nitrogens with zero attached hydrogens (tertiary/aromatic N) is 1. The Labute approximate surface area is 120 Å². The molecule has 0 bridgehead atoms. The molecule has 1 heterocycles. The van der Waals surface area contributed by atoms with Crippen LogP contribution in [-0.2, 0) is 6.54 Å². The number of aryl methyl sites for hydroxylation is 1. The van der Waals surface area contributed by atoms with Gasteiger partial charge >= 0.3 is 0 Å². The summed E-state index contributed by atoms with van der Waals surface area (Å²) in [6.45, 7) is 3.04. The standard InChI is InChI=1S/C14H15BrN2S/c1-10-8-11(9-16-2)5-6-13(10)18-14-12(15)4-3-7-17-14/h3-8,16H,9H2,1-2H3. The lowest BCUT2D eigenvalue weighted by atomic mass is 10.1. The minimum Gasteiger partial charge on any atom is -0.316 e. The zero-order chi connectivity index (χ0) is 13.0. The molecule has 0 aliphatic carbocycles. The Morgan fingerprint density at radius 3 is 2.83 bits per heavy atom. The maximum Gasteiger partial charge on any atom is 0.115 e. The first kappa shape index (κ1) is 13.6. The first-order valence-corrected chi connectivity index (χ1v) is 7.34. The van der Waals surface area contributed by atoms with E-state index in [4.69, 9.17) is 0 Å². The van der Waals surface area contributed by atoms with Crippen molar-refractivity contribution in [3.63, 3.8) is 0 Å². The highest BCUT2D eigenvalue weighted by atomic mass is 79.9. The molecule has 0 aliphatic rings. The van der Waals surface area contributed by atoms with E-state index in [1.165, 1.54) is 16.0 Å². The van der Waals surface area contributed by atoms with E-state index in [1.54, 1.807) is 11.8 Å². The molecule has 18 heavy (non-hydrogen) atoms. The zero-order valence-electron chi connectivity index (χ0n) is 10.4. The van der Waals surface area contributed by atoms with E-state index in [2.05, 4.69) is 51.4 Å². The van der Waals surface area contributed by atoms with E-state index >= 15 is 0 Å². The van der Waals surface area contributed by atoms with Gasteiger partial charge in [-0.2, -0.15) is 0 Å². The molecule has 4 heteroatoms. The first-order chi connectivity index (χ1) is 8.70. The Morgan fingerprint density at radius 1 is 1.33 bits per heavy atom. The number of rotatable bonds is 4. The third kappa shape index (κ3) is 3.34. The van der Waals surface area contributed by atoms with Gasteiger partial charge in [0.15, 0.2) is 0 Å². The summed E-state index contributed by atoms with van der Waals surface area (Å²) in [7, 11) is 1.96. The number of aromatic nitrogens is 1. The van der Waals surface area contributed by atoms with Gasteiger partial charge < -0.3 is 5.32 Å². The number of benzene rings is 1. The Bertz CT molecular complexity index is 543. The Hall–Kier alpha value is -0.840. The van der Waals surface area contributed by atoms with Crippen molar-refractivity contribution in [1.29, 1.82) is 0 Å². The van der Waals surface area contributed by atoms with Gasteiger partial charge in [0.1, 0.15) is 5.03 Å². The molecule has 2 aromatic rings. The molecule has 1 aromatic carbocycles. The van der Waals surface area contributed by atoms with Gasteiger partial charge in [0.05, 0.1) is 4.47 Å². The molecule has 0 atom stereocenters. The zero-order valence-corrected chi connectivity index (χ0v) is 12.8. The third-order valence-electron chi connectivity index (χ3n) is 2.55. The fourth-order valence-electron chi connectivity index (χ4n) is 1.69. The van der Waals surface area contributed by atoms with Crippen LogP contribution in [0.25, 0.3) is 0 Å². The predicted octanol–water partition coefficient (Wildman–Crippen LogP) is 4.02. The quantitative estimate of drug-likeness (QED) is 0.920. The van der Waals surface area contributed by atoms with Gasteiger partial charge in [-0.15, -0.1) is 0 Å². The monoisotopic (exact) mass is 322 g/mol. The van der Waals surface area contributed by atoms with E-state index in [-0.39, 0.29) is 0 Å². The average Bonchev–Trinajstić information content (AvgIpc) is 2.35. The summed E-state index contributed by atoms with van der Waals surface area (Å²) < 4.78 is 1.04. The number of hydrogen-bond donors (Lipinski definition) is 1. The topological polar surface area (TPSA) is 24.9 Å². The minimum absolute atomic E-state index is 0.902. The Morgan fingerprint density at radius 2 is 2.17 bits per heavy atom.